The van der Waals surface area contributed by atoms with Gasteiger partial charge in [0.1, 0.15) is 0 Å². The van der Waals surface area contributed by atoms with Crippen molar-refractivity contribution < 1.29 is 0 Å². The van der Waals surface area contributed by atoms with Crippen LogP contribution in [-0.2, 0) is 0 Å². The van der Waals surface area contributed by atoms with Gasteiger partial charge in [0, 0.05) is 12.5 Å². The van der Waals surface area contributed by atoms with Crippen LogP contribution in [0.4, 0.5) is 0 Å². The Morgan fingerprint density at radius 3 is 2.55 bits per heavy atom. The van der Waals surface area contributed by atoms with E-state index in [0.29, 0.717) is 12.0 Å². The molecule has 0 spiro atoms. The molecular weight excluding hydrogens is 136 g/mol. The summed E-state index contributed by atoms with van der Waals surface area (Å²) in [6.45, 7) is 4.36. The summed E-state index contributed by atoms with van der Waals surface area (Å²) in [5, 5.41) is 0. The van der Waals surface area contributed by atoms with Crippen molar-refractivity contribution in [1.29, 1.82) is 0 Å². The second-order valence-electron chi connectivity index (χ2n) is 3.24. The highest BCUT2D eigenvalue weighted by Gasteiger charge is 2.06. The van der Waals surface area contributed by atoms with E-state index in [-0.39, 0.29) is 0 Å². The van der Waals surface area contributed by atoms with E-state index in [4.69, 9.17) is 12.3 Å². The highest BCUT2D eigenvalue weighted by atomic mass is 15.2. The standard InChI is InChI=1S/C9H18N2/c1-4-5-6-9(11-10)7-8(2)3/h1,8-9,11H,5-7,10H2,2-3H3. The first-order valence-corrected chi connectivity index (χ1v) is 4.10. The molecule has 0 rings (SSSR count). The molecule has 0 fully saturated rings. The first-order chi connectivity index (χ1) is 5.20. The van der Waals surface area contributed by atoms with Gasteiger partial charge in [0.15, 0.2) is 0 Å². The normalized spacial score (nSPS) is 13.0. The maximum atomic E-state index is 5.34. The predicted octanol–water partition coefficient (Wildman–Crippen LogP) is 1.28. The van der Waals surface area contributed by atoms with Gasteiger partial charge in [0.2, 0.25) is 0 Å². The van der Waals surface area contributed by atoms with Gasteiger partial charge in [-0.15, -0.1) is 12.3 Å². The molecule has 1 unspecified atom stereocenters. The summed E-state index contributed by atoms with van der Waals surface area (Å²) in [4.78, 5) is 0. The third kappa shape index (κ3) is 5.90. The Hall–Kier alpha value is -0.520. The molecule has 0 saturated heterocycles. The molecular formula is C9H18N2. The molecule has 2 nitrogen and oxygen atoms in total. The smallest absolute Gasteiger partial charge is 0.0222 e. The number of nitrogens with two attached hydrogens (primary N) is 1. The Kier molecular flexibility index (Phi) is 5.91. The molecule has 0 aromatic rings. The maximum absolute atomic E-state index is 5.34. The molecule has 0 bridgehead atoms. The van der Waals surface area contributed by atoms with Gasteiger partial charge in [0.25, 0.3) is 0 Å². The van der Waals surface area contributed by atoms with Crippen LogP contribution in [0.15, 0.2) is 0 Å². The number of hydrogen-bond acceptors (Lipinski definition) is 2. The molecule has 0 aliphatic rings. The lowest BCUT2D eigenvalue weighted by atomic mass is 10.0. The van der Waals surface area contributed by atoms with E-state index in [1.807, 2.05) is 0 Å². The summed E-state index contributed by atoms with van der Waals surface area (Å²) in [6, 6.07) is 0.381. The molecule has 2 heteroatoms. The van der Waals surface area contributed by atoms with Crippen molar-refractivity contribution in [2.24, 2.45) is 11.8 Å². The van der Waals surface area contributed by atoms with Crippen LogP contribution >= 0.6 is 0 Å². The van der Waals surface area contributed by atoms with Crippen LogP contribution in [0.5, 0.6) is 0 Å². The van der Waals surface area contributed by atoms with Crippen molar-refractivity contribution in [3.63, 3.8) is 0 Å². The van der Waals surface area contributed by atoms with E-state index >= 15 is 0 Å². The third-order valence-corrected chi connectivity index (χ3v) is 1.63. The van der Waals surface area contributed by atoms with Crippen LogP contribution in [0, 0.1) is 18.3 Å². The van der Waals surface area contributed by atoms with Gasteiger partial charge in [-0.1, -0.05) is 13.8 Å². The fraction of sp³-hybridized carbons (Fsp3) is 0.778. The Morgan fingerprint density at radius 2 is 2.18 bits per heavy atom. The van der Waals surface area contributed by atoms with Gasteiger partial charge in [-0.05, 0) is 18.8 Å². The van der Waals surface area contributed by atoms with E-state index in [2.05, 4.69) is 25.2 Å². The SMILES string of the molecule is C#CCCC(CC(C)C)NN. The molecule has 0 amide bonds. The van der Waals surface area contributed by atoms with Crippen LogP contribution in [0.2, 0.25) is 0 Å². The Balaban J connectivity index is 3.51. The van der Waals surface area contributed by atoms with E-state index < -0.39 is 0 Å². The maximum Gasteiger partial charge on any atom is 0.0222 e. The molecule has 1 atom stereocenters. The van der Waals surface area contributed by atoms with E-state index in [1.165, 1.54) is 0 Å². The monoisotopic (exact) mass is 154 g/mol. The summed E-state index contributed by atoms with van der Waals surface area (Å²) < 4.78 is 0. The van der Waals surface area contributed by atoms with Crippen molar-refractivity contribution in [1.82, 2.24) is 5.43 Å². The third-order valence-electron chi connectivity index (χ3n) is 1.63. The number of rotatable bonds is 5. The summed E-state index contributed by atoms with van der Waals surface area (Å²) in [5.41, 5.74) is 2.77. The molecule has 64 valence electrons. The van der Waals surface area contributed by atoms with E-state index in [9.17, 15) is 0 Å². The second-order valence-corrected chi connectivity index (χ2v) is 3.24. The van der Waals surface area contributed by atoms with Gasteiger partial charge in [-0.3, -0.25) is 11.3 Å². The molecule has 0 radical (unpaired) electrons. The Bertz CT molecular complexity index is 124. The van der Waals surface area contributed by atoms with Crippen molar-refractivity contribution in [2.45, 2.75) is 39.2 Å². The van der Waals surface area contributed by atoms with Gasteiger partial charge in [-0.2, -0.15) is 0 Å². The highest BCUT2D eigenvalue weighted by molar-refractivity contribution is 4.85. The summed E-state index contributed by atoms with van der Waals surface area (Å²) >= 11 is 0. The van der Waals surface area contributed by atoms with Crippen molar-refractivity contribution in [2.75, 3.05) is 0 Å². The molecule has 0 heterocycles. The molecule has 11 heavy (non-hydrogen) atoms. The number of nitrogens with one attached hydrogen (secondary N) is 1. The molecule has 0 aromatic heterocycles. The second kappa shape index (κ2) is 6.21. The number of hydrogen-bond donors (Lipinski definition) is 2. The zero-order valence-corrected chi connectivity index (χ0v) is 7.43. The van der Waals surface area contributed by atoms with Crippen LogP contribution in [-0.4, -0.2) is 6.04 Å². The van der Waals surface area contributed by atoms with Crippen LogP contribution in [0.1, 0.15) is 33.1 Å². The first-order valence-electron chi connectivity index (χ1n) is 4.10. The van der Waals surface area contributed by atoms with Crippen LogP contribution in [0.25, 0.3) is 0 Å². The number of terminal acetylenes is 1. The lowest BCUT2D eigenvalue weighted by molar-refractivity contribution is 0.408. The Labute approximate surface area is 69.5 Å². The van der Waals surface area contributed by atoms with Crippen LogP contribution < -0.4 is 11.3 Å². The zero-order chi connectivity index (χ0) is 8.69. The topological polar surface area (TPSA) is 38.0 Å². The summed E-state index contributed by atoms with van der Waals surface area (Å²) in [7, 11) is 0. The van der Waals surface area contributed by atoms with Crippen molar-refractivity contribution in [3.8, 4) is 12.3 Å². The predicted molar refractivity (Wildman–Crippen MR) is 48.6 cm³/mol. The average Bonchev–Trinajstić information content (AvgIpc) is 1.97. The molecule has 0 aliphatic carbocycles. The van der Waals surface area contributed by atoms with Gasteiger partial charge < -0.3 is 0 Å². The van der Waals surface area contributed by atoms with Crippen molar-refractivity contribution in [3.05, 3.63) is 0 Å². The Morgan fingerprint density at radius 1 is 1.55 bits per heavy atom. The average molecular weight is 154 g/mol. The van der Waals surface area contributed by atoms with Crippen LogP contribution in [0.3, 0.4) is 0 Å². The summed E-state index contributed by atoms with van der Waals surface area (Å²) in [5.74, 6) is 8.63. The zero-order valence-electron chi connectivity index (χ0n) is 7.43. The van der Waals surface area contributed by atoms with E-state index in [0.717, 1.165) is 19.3 Å². The lowest BCUT2D eigenvalue weighted by Crippen LogP contribution is -2.35. The fourth-order valence-corrected chi connectivity index (χ4v) is 1.10. The van der Waals surface area contributed by atoms with E-state index in [1.54, 1.807) is 0 Å². The summed E-state index contributed by atoms with van der Waals surface area (Å²) in [6.07, 6.45) is 8.02. The largest absolute Gasteiger partial charge is 0.271 e. The fourth-order valence-electron chi connectivity index (χ4n) is 1.10. The minimum Gasteiger partial charge on any atom is -0.271 e. The van der Waals surface area contributed by atoms with Gasteiger partial charge in [0.05, 0.1) is 0 Å². The van der Waals surface area contributed by atoms with Gasteiger partial charge in [-0.25, -0.2) is 0 Å². The number of hydrazine groups is 1. The molecule has 0 saturated carbocycles. The highest BCUT2D eigenvalue weighted by Crippen LogP contribution is 2.08. The van der Waals surface area contributed by atoms with Gasteiger partial charge >= 0.3 is 0 Å². The molecule has 0 aromatic carbocycles. The lowest BCUT2D eigenvalue weighted by Gasteiger charge is -2.16. The van der Waals surface area contributed by atoms with Crippen molar-refractivity contribution >= 4 is 0 Å². The minimum absolute atomic E-state index is 0.381. The molecule has 3 N–H and O–H groups in total. The molecule has 0 aliphatic heterocycles. The first kappa shape index (κ1) is 10.5. The quantitative estimate of drug-likeness (QED) is 0.355. The minimum atomic E-state index is 0.381.